The van der Waals surface area contributed by atoms with Gasteiger partial charge in [-0.2, -0.15) is 0 Å². The van der Waals surface area contributed by atoms with Gasteiger partial charge in [0, 0.05) is 24.3 Å². The van der Waals surface area contributed by atoms with Gasteiger partial charge in [0.05, 0.1) is 0 Å². The molecule has 1 aromatic carbocycles. The second-order valence-electron chi connectivity index (χ2n) is 3.79. The molecule has 0 aliphatic carbocycles. The van der Waals surface area contributed by atoms with E-state index in [1.165, 1.54) is 16.5 Å². The van der Waals surface area contributed by atoms with Gasteiger partial charge in [-0.3, -0.25) is 0 Å². The smallest absolute Gasteiger partial charge is 0.0172 e. The molecule has 0 heterocycles. The zero-order valence-electron chi connectivity index (χ0n) is 9.41. The maximum atomic E-state index is 3.43. The average Bonchev–Trinajstić information content (AvgIpc) is 2.18. The minimum absolute atomic E-state index is 1.10. The van der Waals surface area contributed by atoms with Crippen LogP contribution in [-0.4, -0.2) is 18.5 Å². The van der Waals surface area contributed by atoms with Crippen molar-refractivity contribution in [2.75, 3.05) is 13.6 Å². The third-order valence-electron chi connectivity index (χ3n) is 2.22. The van der Waals surface area contributed by atoms with E-state index >= 15 is 0 Å². The molecule has 0 fully saturated rings. The Hall–Kier alpha value is -0.760. The fraction of sp³-hybridized carbons (Fsp3) is 0.385. The maximum absolute atomic E-state index is 3.43. The highest BCUT2D eigenvalue weighted by molar-refractivity contribution is 9.11. The van der Waals surface area contributed by atoms with E-state index in [1.807, 2.05) is 6.92 Å². The van der Waals surface area contributed by atoms with E-state index in [1.54, 1.807) is 0 Å². The summed E-state index contributed by atoms with van der Waals surface area (Å²) in [6.07, 6.45) is 4.46. The fourth-order valence-corrected chi connectivity index (χ4v) is 1.90. The Morgan fingerprint density at radius 1 is 1.33 bits per heavy atom. The number of rotatable bonds is 5. The summed E-state index contributed by atoms with van der Waals surface area (Å²) in [6.45, 7) is 3.14. The van der Waals surface area contributed by atoms with E-state index in [4.69, 9.17) is 0 Å². The molecule has 15 heavy (non-hydrogen) atoms. The Bertz CT molecular complexity index is 302. The first-order chi connectivity index (χ1) is 7.18. The van der Waals surface area contributed by atoms with E-state index in [2.05, 4.69) is 64.4 Å². The van der Waals surface area contributed by atoms with Crippen LogP contribution in [0.2, 0.25) is 0 Å². The lowest BCUT2D eigenvalue weighted by molar-refractivity contribution is 0.443. The van der Waals surface area contributed by atoms with Crippen molar-refractivity contribution in [1.82, 2.24) is 4.90 Å². The van der Waals surface area contributed by atoms with E-state index in [0.717, 1.165) is 13.0 Å². The van der Waals surface area contributed by atoms with Crippen LogP contribution < -0.4 is 0 Å². The monoisotopic (exact) mass is 267 g/mol. The SMILES string of the molecule is C/C(Br)=C/N(C)CCCc1ccccc1. The zero-order valence-corrected chi connectivity index (χ0v) is 11.0. The summed E-state index contributed by atoms with van der Waals surface area (Å²) in [5.74, 6) is 0. The van der Waals surface area contributed by atoms with Crippen molar-refractivity contribution < 1.29 is 0 Å². The molecule has 0 aliphatic heterocycles. The van der Waals surface area contributed by atoms with E-state index in [9.17, 15) is 0 Å². The van der Waals surface area contributed by atoms with Crippen LogP contribution in [0.25, 0.3) is 0 Å². The van der Waals surface area contributed by atoms with Crippen LogP contribution in [0.5, 0.6) is 0 Å². The molecule has 2 heteroatoms. The number of hydrogen-bond donors (Lipinski definition) is 0. The number of allylic oxidation sites excluding steroid dienone is 1. The number of halogens is 1. The van der Waals surface area contributed by atoms with Gasteiger partial charge >= 0.3 is 0 Å². The first-order valence-electron chi connectivity index (χ1n) is 5.26. The lowest BCUT2D eigenvalue weighted by atomic mass is 10.1. The molecular weight excluding hydrogens is 250 g/mol. The zero-order chi connectivity index (χ0) is 11.1. The van der Waals surface area contributed by atoms with Crippen molar-refractivity contribution in [3.05, 3.63) is 46.6 Å². The Balaban J connectivity index is 2.25. The van der Waals surface area contributed by atoms with Gasteiger partial charge in [-0.1, -0.05) is 46.3 Å². The van der Waals surface area contributed by atoms with Crippen LogP contribution in [0.1, 0.15) is 18.9 Å². The van der Waals surface area contributed by atoms with Crippen molar-refractivity contribution in [3.63, 3.8) is 0 Å². The van der Waals surface area contributed by atoms with Crippen LogP contribution in [-0.2, 0) is 6.42 Å². The van der Waals surface area contributed by atoms with Gasteiger partial charge in [0.25, 0.3) is 0 Å². The standard InChI is InChI=1S/C13H18BrN/c1-12(14)11-15(2)10-6-9-13-7-4-3-5-8-13/h3-5,7-8,11H,6,9-10H2,1-2H3/b12-11-. The molecule has 0 amide bonds. The second-order valence-corrected chi connectivity index (χ2v) is 5.04. The predicted molar refractivity (Wildman–Crippen MR) is 70.1 cm³/mol. The van der Waals surface area contributed by atoms with Gasteiger partial charge < -0.3 is 4.90 Å². The number of nitrogens with zero attached hydrogens (tertiary/aromatic N) is 1. The third-order valence-corrected chi connectivity index (χ3v) is 2.42. The van der Waals surface area contributed by atoms with Crippen molar-refractivity contribution in [1.29, 1.82) is 0 Å². The van der Waals surface area contributed by atoms with Gasteiger partial charge in [-0.05, 0) is 25.3 Å². The summed E-state index contributed by atoms with van der Waals surface area (Å²) >= 11 is 3.43. The summed E-state index contributed by atoms with van der Waals surface area (Å²) < 4.78 is 1.17. The minimum atomic E-state index is 1.10. The van der Waals surface area contributed by atoms with Gasteiger partial charge in [0.15, 0.2) is 0 Å². The summed E-state index contributed by atoms with van der Waals surface area (Å²) in [4.78, 5) is 2.22. The average molecular weight is 268 g/mol. The molecule has 0 N–H and O–H groups in total. The fourth-order valence-electron chi connectivity index (χ4n) is 1.55. The van der Waals surface area contributed by atoms with Crippen molar-refractivity contribution >= 4 is 15.9 Å². The van der Waals surface area contributed by atoms with E-state index in [-0.39, 0.29) is 0 Å². The summed E-state index contributed by atoms with van der Waals surface area (Å²) in [7, 11) is 2.11. The van der Waals surface area contributed by atoms with Crippen LogP contribution in [0.15, 0.2) is 41.0 Å². The molecule has 1 rings (SSSR count). The number of benzene rings is 1. The third kappa shape index (κ3) is 5.63. The molecule has 1 nitrogen and oxygen atoms in total. The molecule has 0 unspecified atom stereocenters. The van der Waals surface area contributed by atoms with Gasteiger partial charge in [0.2, 0.25) is 0 Å². The highest BCUT2D eigenvalue weighted by Gasteiger charge is 1.95. The van der Waals surface area contributed by atoms with E-state index in [0.29, 0.717) is 0 Å². The lowest BCUT2D eigenvalue weighted by Crippen LogP contribution is -2.13. The first kappa shape index (κ1) is 12.3. The predicted octanol–water partition coefficient (Wildman–Crippen LogP) is 3.81. The normalized spacial score (nSPS) is 11.5. The molecule has 82 valence electrons. The van der Waals surface area contributed by atoms with Crippen molar-refractivity contribution in [2.24, 2.45) is 0 Å². The lowest BCUT2D eigenvalue weighted by Gasteiger charge is -2.13. The number of aryl methyl sites for hydroxylation is 1. The molecule has 0 aromatic heterocycles. The quantitative estimate of drug-likeness (QED) is 0.785. The Morgan fingerprint density at radius 2 is 2.00 bits per heavy atom. The molecule has 0 saturated heterocycles. The molecule has 0 atom stereocenters. The van der Waals surface area contributed by atoms with Crippen LogP contribution in [0, 0.1) is 0 Å². The maximum Gasteiger partial charge on any atom is 0.0172 e. The highest BCUT2D eigenvalue weighted by atomic mass is 79.9. The molecule has 0 radical (unpaired) electrons. The van der Waals surface area contributed by atoms with Gasteiger partial charge in [-0.25, -0.2) is 0 Å². The topological polar surface area (TPSA) is 3.24 Å². The largest absolute Gasteiger partial charge is 0.380 e. The minimum Gasteiger partial charge on any atom is -0.380 e. The molecule has 1 aromatic rings. The summed E-state index contributed by atoms with van der Waals surface area (Å²) in [5, 5.41) is 0. The summed E-state index contributed by atoms with van der Waals surface area (Å²) in [5.41, 5.74) is 1.42. The Labute approximate surface area is 101 Å². The van der Waals surface area contributed by atoms with Crippen molar-refractivity contribution in [2.45, 2.75) is 19.8 Å². The second kappa shape index (κ2) is 6.67. The molecule has 0 bridgehead atoms. The molecule has 0 saturated carbocycles. The Morgan fingerprint density at radius 3 is 2.60 bits per heavy atom. The molecule has 0 spiro atoms. The van der Waals surface area contributed by atoms with Gasteiger partial charge in [0.1, 0.15) is 0 Å². The first-order valence-corrected chi connectivity index (χ1v) is 6.06. The van der Waals surface area contributed by atoms with Crippen molar-refractivity contribution in [3.8, 4) is 0 Å². The number of hydrogen-bond acceptors (Lipinski definition) is 1. The molecular formula is C13H18BrN. The summed E-state index contributed by atoms with van der Waals surface area (Å²) in [6, 6.07) is 10.6. The highest BCUT2D eigenvalue weighted by Crippen LogP contribution is 2.06. The van der Waals surface area contributed by atoms with Crippen LogP contribution >= 0.6 is 15.9 Å². The van der Waals surface area contributed by atoms with Gasteiger partial charge in [-0.15, -0.1) is 0 Å². The Kier molecular flexibility index (Phi) is 5.48. The van der Waals surface area contributed by atoms with E-state index < -0.39 is 0 Å². The van der Waals surface area contributed by atoms with Crippen LogP contribution in [0.3, 0.4) is 0 Å². The molecule has 0 aliphatic rings. The van der Waals surface area contributed by atoms with Crippen LogP contribution in [0.4, 0.5) is 0 Å².